The summed E-state index contributed by atoms with van der Waals surface area (Å²) in [6, 6.07) is 1.83. The van der Waals surface area contributed by atoms with Gasteiger partial charge in [0.25, 0.3) is 10.1 Å². The van der Waals surface area contributed by atoms with Gasteiger partial charge in [-0.25, -0.2) is 4.79 Å². The average Bonchev–Trinajstić information content (AvgIpc) is 2.41. The third kappa shape index (κ3) is 5.47. The maximum absolute atomic E-state index is 12.1. The first kappa shape index (κ1) is 17.7. The van der Waals surface area contributed by atoms with Crippen LogP contribution in [0.15, 0.2) is 12.3 Å². The van der Waals surface area contributed by atoms with E-state index < -0.39 is 15.7 Å². The number of hydrogen-bond donors (Lipinski definition) is 0. The molecule has 1 aliphatic heterocycles. The molecule has 0 unspecified atom stereocenters. The second-order valence-electron chi connectivity index (χ2n) is 6.56. The van der Waals surface area contributed by atoms with Gasteiger partial charge in [0.15, 0.2) is 0 Å². The first-order chi connectivity index (χ1) is 10.5. The van der Waals surface area contributed by atoms with E-state index in [0.717, 1.165) is 17.4 Å². The zero-order chi connectivity index (χ0) is 17.3. The third-order valence-electron chi connectivity index (χ3n) is 3.22. The normalized spacial score (nSPS) is 15.2. The molecule has 23 heavy (non-hydrogen) atoms. The van der Waals surface area contributed by atoms with Gasteiger partial charge in [-0.3, -0.25) is 9.17 Å². The van der Waals surface area contributed by atoms with Gasteiger partial charge in [0.1, 0.15) is 12.2 Å². The number of ether oxygens (including phenoxy) is 1. The molecule has 8 heteroatoms. The molecular formula is C15H22N2O5S. The summed E-state index contributed by atoms with van der Waals surface area (Å²) in [6.45, 7) is 6.40. The Kier molecular flexibility index (Phi) is 4.95. The number of carbonyl (C=O) groups excluding carboxylic acids is 1. The zero-order valence-corrected chi connectivity index (χ0v) is 14.6. The van der Waals surface area contributed by atoms with E-state index in [4.69, 9.17) is 8.92 Å². The highest BCUT2D eigenvalue weighted by molar-refractivity contribution is 7.85. The number of fused-ring (bicyclic) bond motifs is 1. The van der Waals surface area contributed by atoms with E-state index in [1.165, 1.54) is 0 Å². The van der Waals surface area contributed by atoms with E-state index in [9.17, 15) is 13.2 Å². The molecule has 128 valence electrons. The molecule has 0 N–H and O–H groups in total. The topological polar surface area (TPSA) is 85.8 Å². The van der Waals surface area contributed by atoms with Crippen LogP contribution in [-0.4, -0.2) is 42.8 Å². The number of carbonyl (C=O) groups is 1. The van der Waals surface area contributed by atoms with E-state index in [1.54, 1.807) is 11.1 Å². The van der Waals surface area contributed by atoms with Crippen molar-refractivity contribution in [2.24, 2.45) is 0 Å². The van der Waals surface area contributed by atoms with Crippen molar-refractivity contribution in [3.8, 4) is 0 Å². The minimum atomic E-state index is -3.49. The van der Waals surface area contributed by atoms with Crippen LogP contribution in [0.25, 0.3) is 0 Å². The lowest BCUT2D eigenvalue weighted by Crippen LogP contribution is -2.40. The predicted molar refractivity (Wildman–Crippen MR) is 84.2 cm³/mol. The molecule has 1 amide bonds. The minimum absolute atomic E-state index is 0.0815. The van der Waals surface area contributed by atoms with Gasteiger partial charge in [-0.2, -0.15) is 8.42 Å². The van der Waals surface area contributed by atoms with Gasteiger partial charge in [-0.05, 0) is 44.4 Å². The highest BCUT2D eigenvalue weighted by Gasteiger charge is 2.26. The fourth-order valence-electron chi connectivity index (χ4n) is 2.22. The Morgan fingerprint density at radius 3 is 2.65 bits per heavy atom. The molecule has 1 aliphatic rings. The smallest absolute Gasteiger partial charge is 0.410 e. The number of pyridine rings is 1. The molecule has 0 aliphatic carbocycles. The van der Waals surface area contributed by atoms with Crippen LogP contribution >= 0.6 is 0 Å². The molecule has 0 saturated heterocycles. The third-order valence-corrected chi connectivity index (χ3v) is 3.77. The maximum atomic E-state index is 12.1. The largest absolute Gasteiger partial charge is 0.444 e. The molecule has 1 aromatic heterocycles. The number of hydrogen-bond acceptors (Lipinski definition) is 6. The zero-order valence-electron chi connectivity index (χ0n) is 13.8. The monoisotopic (exact) mass is 342 g/mol. The lowest BCUT2D eigenvalue weighted by atomic mass is 10.0. The van der Waals surface area contributed by atoms with Gasteiger partial charge in [0.2, 0.25) is 0 Å². The van der Waals surface area contributed by atoms with Crippen LogP contribution in [0.3, 0.4) is 0 Å². The first-order valence-electron chi connectivity index (χ1n) is 7.32. The number of amides is 1. The van der Waals surface area contributed by atoms with E-state index in [1.807, 2.05) is 26.8 Å². The van der Waals surface area contributed by atoms with Crippen LogP contribution < -0.4 is 0 Å². The summed E-state index contributed by atoms with van der Waals surface area (Å²) in [5.41, 5.74) is 2.01. The van der Waals surface area contributed by atoms with Crippen molar-refractivity contribution in [1.29, 1.82) is 0 Å². The van der Waals surface area contributed by atoms with Crippen molar-refractivity contribution in [2.45, 2.75) is 45.9 Å². The molecular weight excluding hydrogens is 320 g/mol. The molecule has 0 atom stereocenters. The molecule has 2 rings (SSSR count). The van der Waals surface area contributed by atoms with Crippen molar-refractivity contribution in [1.82, 2.24) is 9.88 Å². The molecule has 7 nitrogen and oxygen atoms in total. The summed E-state index contributed by atoms with van der Waals surface area (Å²) >= 11 is 0. The van der Waals surface area contributed by atoms with Gasteiger partial charge in [-0.15, -0.1) is 0 Å². The number of nitrogens with zero attached hydrogens (tertiary/aromatic N) is 2. The number of rotatable bonds is 3. The van der Waals surface area contributed by atoms with Crippen LogP contribution in [0.4, 0.5) is 4.79 Å². The second kappa shape index (κ2) is 6.45. The van der Waals surface area contributed by atoms with Crippen molar-refractivity contribution >= 4 is 16.2 Å². The molecule has 2 heterocycles. The van der Waals surface area contributed by atoms with Gasteiger partial charge >= 0.3 is 6.09 Å². The van der Waals surface area contributed by atoms with Gasteiger partial charge < -0.3 is 9.64 Å². The Hall–Kier alpha value is -1.67. The molecule has 1 aromatic rings. The van der Waals surface area contributed by atoms with Crippen LogP contribution in [-0.2, 0) is 38.6 Å². The first-order valence-corrected chi connectivity index (χ1v) is 9.14. The van der Waals surface area contributed by atoms with Gasteiger partial charge in [-0.1, -0.05) is 0 Å². The lowest BCUT2D eigenvalue weighted by molar-refractivity contribution is 0.0223. The molecule has 0 radical (unpaired) electrons. The van der Waals surface area contributed by atoms with Crippen molar-refractivity contribution in [2.75, 3.05) is 12.8 Å². The Bertz CT molecular complexity index is 694. The van der Waals surface area contributed by atoms with Crippen LogP contribution in [0.2, 0.25) is 0 Å². The van der Waals surface area contributed by atoms with Crippen molar-refractivity contribution in [3.05, 3.63) is 29.1 Å². The minimum Gasteiger partial charge on any atom is -0.444 e. The second-order valence-corrected chi connectivity index (χ2v) is 8.21. The highest BCUT2D eigenvalue weighted by Crippen LogP contribution is 2.21. The molecule has 0 saturated carbocycles. The Balaban J connectivity index is 2.04. The molecule has 0 aromatic carbocycles. The predicted octanol–water partition coefficient (Wildman–Crippen LogP) is 1.85. The summed E-state index contributed by atoms with van der Waals surface area (Å²) < 4.78 is 32.2. The summed E-state index contributed by atoms with van der Waals surface area (Å²) in [4.78, 5) is 17.9. The van der Waals surface area contributed by atoms with Gasteiger partial charge in [0.05, 0.1) is 18.5 Å². The number of aromatic nitrogens is 1. The van der Waals surface area contributed by atoms with Crippen molar-refractivity contribution in [3.63, 3.8) is 0 Å². The Morgan fingerprint density at radius 1 is 1.35 bits per heavy atom. The maximum Gasteiger partial charge on any atom is 0.410 e. The summed E-state index contributed by atoms with van der Waals surface area (Å²) in [5.74, 6) is 0. The Labute approximate surface area is 136 Å². The lowest BCUT2D eigenvalue weighted by Gasteiger charge is -2.31. The SMILES string of the molecule is CC(C)(C)OC(=O)N1CCc2cc(COS(C)(=O)=O)ncc2C1. The molecule has 0 fully saturated rings. The van der Waals surface area contributed by atoms with Crippen molar-refractivity contribution < 1.29 is 22.1 Å². The fraction of sp³-hybridized carbons (Fsp3) is 0.600. The van der Waals surface area contributed by atoms with Crippen LogP contribution in [0.5, 0.6) is 0 Å². The van der Waals surface area contributed by atoms with Crippen LogP contribution in [0.1, 0.15) is 37.6 Å². The Morgan fingerprint density at radius 2 is 2.04 bits per heavy atom. The fourth-order valence-corrected chi connectivity index (χ4v) is 2.55. The van der Waals surface area contributed by atoms with E-state index in [0.29, 0.717) is 25.2 Å². The van der Waals surface area contributed by atoms with Crippen LogP contribution in [0, 0.1) is 0 Å². The van der Waals surface area contributed by atoms with E-state index in [-0.39, 0.29) is 12.7 Å². The highest BCUT2D eigenvalue weighted by atomic mass is 32.2. The van der Waals surface area contributed by atoms with Gasteiger partial charge in [0, 0.05) is 12.7 Å². The standard InChI is InChI=1S/C15H22N2O5S/c1-15(2,3)22-14(18)17-6-5-11-7-13(10-21-23(4,19)20)16-8-12(11)9-17/h7-8H,5-6,9-10H2,1-4H3. The van der Waals surface area contributed by atoms with E-state index >= 15 is 0 Å². The quantitative estimate of drug-likeness (QED) is 0.779. The average molecular weight is 342 g/mol. The summed E-state index contributed by atoms with van der Waals surface area (Å²) in [7, 11) is -3.49. The summed E-state index contributed by atoms with van der Waals surface area (Å²) in [6.07, 6.45) is 2.99. The molecule has 0 bridgehead atoms. The van der Waals surface area contributed by atoms with E-state index in [2.05, 4.69) is 4.98 Å². The summed E-state index contributed by atoms with van der Waals surface area (Å²) in [5, 5.41) is 0. The molecule has 0 spiro atoms.